The molecule has 2 rings (SSSR count). The number of carbonyl (C=O) groups is 1. The van der Waals surface area contributed by atoms with Gasteiger partial charge in [0.1, 0.15) is 0 Å². The van der Waals surface area contributed by atoms with Crippen LogP contribution in [0.5, 0.6) is 0 Å². The number of urea groups is 1. The first-order valence-electron chi connectivity index (χ1n) is 6.11. The predicted octanol–water partition coefficient (Wildman–Crippen LogP) is 1.99. The van der Waals surface area contributed by atoms with Gasteiger partial charge in [-0.05, 0) is 30.5 Å². The Balaban J connectivity index is 1.74. The number of nitrogens with one attached hydrogen (secondary N) is 2. The summed E-state index contributed by atoms with van der Waals surface area (Å²) in [6.45, 7) is 0.614. The average Bonchev–Trinajstić information content (AvgIpc) is 3.09. The van der Waals surface area contributed by atoms with E-state index in [0.29, 0.717) is 18.9 Å². The zero-order valence-electron chi connectivity index (χ0n) is 10.0. The molecule has 0 bridgehead atoms. The van der Waals surface area contributed by atoms with Crippen molar-refractivity contribution in [3.63, 3.8) is 0 Å². The van der Waals surface area contributed by atoms with Crippen LogP contribution in [0.4, 0.5) is 4.79 Å². The Labute approximate surface area is 115 Å². The highest BCUT2D eigenvalue weighted by molar-refractivity contribution is 9.10. The third-order valence-electron chi connectivity index (χ3n) is 3.03. The van der Waals surface area contributed by atoms with E-state index in [1.165, 1.54) is 5.56 Å². The van der Waals surface area contributed by atoms with Gasteiger partial charge in [0.05, 0.1) is 0 Å². The number of aliphatic hydroxyl groups excluding tert-OH is 1. The van der Waals surface area contributed by atoms with Gasteiger partial charge < -0.3 is 15.7 Å². The fraction of sp³-hybridized carbons (Fsp3) is 0.462. The van der Waals surface area contributed by atoms with Gasteiger partial charge in [0.25, 0.3) is 0 Å². The molecule has 0 aliphatic heterocycles. The molecule has 0 radical (unpaired) electrons. The van der Waals surface area contributed by atoms with Crippen molar-refractivity contribution < 1.29 is 9.90 Å². The van der Waals surface area contributed by atoms with Crippen molar-refractivity contribution in [3.05, 3.63) is 34.3 Å². The van der Waals surface area contributed by atoms with Crippen molar-refractivity contribution in [3.8, 4) is 0 Å². The first kappa shape index (κ1) is 13.4. The molecule has 0 heterocycles. The molecule has 0 saturated heterocycles. The highest BCUT2D eigenvalue weighted by Gasteiger charge is 2.39. The fourth-order valence-electron chi connectivity index (χ4n) is 1.93. The Kier molecular flexibility index (Phi) is 4.60. The Hall–Kier alpha value is -1.07. The molecule has 18 heavy (non-hydrogen) atoms. The SMILES string of the molecule is O=C(NCCCO)NC1CC1c1ccc(Br)cc1. The van der Waals surface area contributed by atoms with E-state index >= 15 is 0 Å². The molecule has 98 valence electrons. The van der Waals surface area contributed by atoms with Gasteiger partial charge in [-0.2, -0.15) is 0 Å². The molecule has 1 aliphatic carbocycles. The summed E-state index contributed by atoms with van der Waals surface area (Å²) in [5.41, 5.74) is 1.26. The molecule has 1 aliphatic rings. The zero-order valence-corrected chi connectivity index (χ0v) is 11.6. The minimum atomic E-state index is -0.145. The van der Waals surface area contributed by atoms with Gasteiger partial charge in [0.2, 0.25) is 0 Å². The minimum Gasteiger partial charge on any atom is -0.396 e. The van der Waals surface area contributed by atoms with E-state index in [1.54, 1.807) is 0 Å². The van der Waals surface area contributed by atoms with Gasteiger partial charge in [-0.3, -0.25) is 0 Å². The van der Waals surface area contributed by atoms with Gasteiger partial charge in [0, 0.05) is 29.6 Å². The molecular weight excluding hydrogens is 296 g/mol. The molecule has 3 N–H and O–H groups in total. The molecule has 0 spiro atoms. The Morgan fingerprint density at radius 1 is 1.39 bits per heavy atom. The number of benzene rings is 1. The largest absolute Gasteiger partial charge is 0.396 e. The Morgan fingerprint density at radius 2 is 2.11 bits per heavy atom. The number of aliphatic hydroxyl groups is 1. The maximum absolute atomic E-state index is 11.5. The molecule has 0 aromatic heterocycles. The lowest BCUT2D eigenvalue weighted by Gasteiger charge is -2.06. The van der Waals surface area contributed by atoms with Gasteiger partial charge in [0.15, 0.2) is 0 Å². The third-order valence-corrected chi connectivity index (χ3v) is 3.55. The first-order chi connectivity index (χ1) is 8.70. The normalized spacial score (nSPS) is 21.4. The van der Waals surface area contributed by atoms with Crippen LogP contribution in [0.15, 0.2) is 28.7 Å². The minimum absolute atomic E-state index is 0.102. The van der Waals surface area contributed by atoms with E-state index in [2.05, 4.69) is 38.7 Å². The Morgan fingerprint density at radius 3 is 2.78 bits per heavy atom. The first-order valence-corrected chi connectivity index (χ1v) is 6.90. The summed E-state index contributed by atoms with van der Waals surface area (Å²) in [6, 6.07) is 8.30. The fourth-order valence-corrected chi connectivity index (χ4v) is 2.20. The van der Waals surface area contributed by atoms with Crippen LogP contribution in [0.25, 0.3) is 0 Å². The number of carbonyl (C=O) groups excluding carboxylic acids is 1. The monoisotopic (exact) mass is 312 g/mol. The maximum atomic E-state index is 11.5. The van der Waals surface area contributed by atoms with Crippen LogP contribution in [0.1, 0.15) is 24.3 Å². The summed E-state index contributed by atoms with van der Waals surface area (Å²) < 4.78 is 1.07. The molecule has 2 amide bonds. The lowest BCUT2D eigenvalue weighted by Crippen LogP contribution is -2.38. The molecule has 1 aromatic rings. The average molecular weight is 313 g/mol. The van der Waals surface area contributed by atoms with E-state index in [9.17, 15) is 4.79 Å². The standard InChI is InChI=1S/C13H17BrN2O2/c14-10-4-2-9(3-5-10)11-8-12(11)16-13(18)15-6-1-7-17/h2-5,11-12,17H,1,6-8H2,(H2,15,16,18). The zero-order chi connectivity index (χ0) is 13.0. The molecule has 1 fully saturated rings. The number of hydrogen-bond donors (Lipinski definition) is 3. The number of halogens is 1. The summed E-state index contributed by atoms with van der Waals surface area (Å²) in [5, 5.41) is 14.3. The second kappa shape index (κ2) is 6.20. The predicted molar refractivity (Wildman–Crippen MR) is 73.5 cm³/mol. The summed E-state index contributed by atoms with van der Waals surface area (Å²) in [5.74, 6) is 0.432. The summed E-state index contributed by atoms with van der Waals surface area (Å²) in [4.78, 5) is 11.5. The second-order valence-corrected chi connectivity index (χ2v) is 5.39. The molecule has 1 saturated carbocycles. The number of amides is 2. The van der Waals surface area contributed by atoms with E-state index in [1.807, 2.05) is 12.1 Å². The van der Waals surface area contributed by atoms with Crippen molar-refractivity contribution in [2.75, 3.05) is 13.2 Å². The number of hydrogen-bond acceptors (Lipinski definition) is 2. The topological polar surface area (TPSA) is 61.4 Å². The van der Waals surface area contributed by atoms with Crippen LogP contribution >= 0.6 is 15.9 Å². The van der Waals surface area contributed by atoms with Crippen molar-refractivity contribution >= 4 is 22.0 Å². The van der Waals surface area contributed by atoms with Crippen molar-refractivity contribution in [1.29, 1.82) is 0 Å². The van der Waals surface area contributed by atoms with Crippen LogP contribution in [-0.2, 0) is 0 Å². The highest BCUT2D eigenvalue weighted by Crippen LogP contribution is 2.40. The van der Waals surface area contributed by atoms with E-state index in [0.717, 1.165) is 10.9 Å². The second-order valence-electron chi connectivity index (χ2n) is 4.48. The van der Waals surface area contributed by atoms with E-state index < -0.39 is 0 Å². The molecule has 4 nitrogen and oxygen atoms in total. The molecule has 5 heteroatoms. The summed E-state index contributed by atoms with van der Waals surface area (Å²) in [7, 11) is 0. The van der Waals surface area contributed by atoms with Gasteiger partial charge in [-0.15, -0.1) is 0 Å². The third kappa shape index (κ3) is 3.71. The van der Waals surface area contributed by atoms with Gasteiger partial charge >= 0.3 is 6.03 Å². The molecule has 2 atom stereocenters. The van der Waals surface area contributed by atoms with Crippen molar-refractivity contribution in [1.82, 2.24) is 10.6 Å². The van der Waals surface area contributed by atoms with Crippen LogP contribution in [0.3, 0.4) is 0 Å². The van der Waals surface area contributed by atoms with E-state index in [4.69, 9.17) is 5.11 Å². The van der Waals surface area contributed by atoms with Crippen molar-refractivity contribution in [2.45, 2.75) is 24.8 Å². The van der Waals surface area contributed by atoms with Crippen LogP contribution in [0, 0.1) is 0 Å². The summed E-state index contributed by atoms with van der Waals surface area (Å²) in [6.07, 6.45) is 1.59. The van der Waals surface area contributed by atoms with Crippen molar-refractivity contribution in [2.24, 2.45) is 0 Å². The van der Waals surface area contributed by atoms with E-state index in [-0.39, 0.29) is 18.7 Å². The molecular formula is C13H17BrN2O2. The Bertz CT molecular complexity index is 408. The van der Waals surface area contributed by atoms with Gasteiger partial charge in [-0.1, -0.05) is 28.1 Å². The van der Waals surface area contributed by atoms with Crippen LogP contribution < -0.4 is 10.6 Å². The maximum Gasteiger partial charge on any atom is 0.315 e. The highest BCUT2D eigenvalue weighted by atomic mass is 79.9. The summed E-state index contributed by atoms with van der Waals surface area (Å²) >= 11 is 3.41. The van der Waals surface area contributed by atoms with Gasteiger partial charge in [-0.25, -0.2) is 4.79 Å². The van der Waals surface area contributed by atoms with Crippen LogP contribution in [-0.4, -0.2) is 30.3 Å². The molecule has 1 aromatic carbocycles. The quantitative estimate of drug-likeness (QED) is 0.728. The van der Waals surface area contributed by atoms with Crippen LogP contribution in [0.2, 0.25) is 0 Å². The lowest BCUT2D eigenvalue weighted by molar-refractivity contribution is 0.237. The number of rotatable bonds is 5. The lowest BCUT2D eigenvalue weighted by atomic mass is 10.1. The smallest absolute Gasteiger partial charge is 0.315 e. The molecule has 2 unspecified atom stereocenters.